The summed E-state index contributed by atoms with van der Waals surface area (Å²) in [5.41, 5.74) is 7.23. The lowest BCUT2D eigenvalue weighted by Crippen LogP contribution is -2.21. The van der Waals surface area contributed by atoms with Crippen LogP contribution in [0.1, 0.15) is 17.1 Å². The summed E-state index contributed by atoms with van der Waals surface area (Å²) in [6, 6.07) is 9.72. The number of aliphatic hydroxyl groups excluding tert-OH is 1. The highest BCUT2D eigenvalue weighted by atomic mass is 16.3. The lowest BCUT2D eigenvalue weighted by atomic mass is 10.0. The second-order valence-electron chi connectivity index (χ2n) is 7.74. The molecule has 0 fully saturated rings. The van der Waals surface area contributed by atoms with Gasteiger partial charge in [0.15, 0.2) is 0 Å². The Morgan fingerprint density at radius 2 is 1.77 bits per heavy atom. The number of fused-ring (bicyclic) bond motifs is 3. The number of aromatic nitrogens is 6. The van der Waals surface area contributed by atoms with E-state index in [1.807, 2.05) is 45.2 Å². The first kappa shape index (κ1) is 19.2. The van der Waals surface area contributed by atoms with Crippen molar-refractivity contribution >= 4 is 21.9 Å². The molecule has 5 aromatic rings. The van der Waals surface area contributed by atoms with Crippen LogP contribution in [-0.2, 0) is 20.7 Å². The van der Waals surface area contributed by atoms with Gasteiger partial charge in [-0.15, -0.1) is 0 Å². The number of rotatable bonds is 3. The molecular formula is C23H22N6O2. The second-order valence-corrected chi connectivity index (χ2v) is 7.74. The normalized spacial score (nSPS) is 11.6. The van der Waals surface area contributed by atoms with Gasteiger partial charge in [0.2, 0.25) is 0 Å². The minimum absolute atomic E-state index is 0.0946. The molecular weight excluding hydrogens is 392 g/mol. The van der Waals surface area contributed by atoms with Crippen molar-refractivity contribution in [3.05, 3.63) is 70.3 Å². The lowest BCUT2D eigenvalue weighted by Gasteiger charge is -2.09. The zero-order valence-corrected chi connectivity index (χ0v) is 17.8. The van der Waals surface area contributed by atoms with E-state index in [1.54, 1.807) is 39.3 Å². The van der Waals surface area contributed by atoms with E-state index in [1.165, 1.54) is 0 Å². The van der Waals surface area contributed by atoms with Gasteiger partial charge in [0, 0.05) is 31.2 Å². The molecule has 0 spiro atoms. The number of benzene rings is 1. The van der Waals surface area contributed by atoms with Crippen LogP contribution in [0.2, 0.25) is 0 Å². The van der Waals surface area contributed by atoms with Crippen LogP contribution in [0.3, 0.4) is 0 Å². The Balaban J connectivity index is 1.86. The quantitative estimate of drug-likeness (QED) is 0.490. The van der Waals surface area contributed by atoms with E-state index in [2.05, 4.69) is 15.1 Å². The number of hydrogen-bond acceptors (Lipinski definition) is 5. The van der Waals surface area contributed by atoms with Crippen molar-refractivity contribution in [1.82, 2.24) is 28.9 Å². The van der Waals surface area contributed by atoms with Gasteiger partial charge in [0.1, 0.15) is 0 Å². The van der Waals surface area contributed by atoms with Crippen molar-refractivity contribution in [2.75, 3.05) is 0 Å². The van der Waals surface area contributed by atoms with E-state index in [-0.39, 0.29) is 12.3 Å². The number of pyridine rings is 2. The first-order valence-corrected chi connectivity index (χ1v) is 9.97. The maximum atomic E-state index is 13.3. The van der Waals surface area contributed by atoms with E-state index in [0.29, 0.717) is 5.69 Å². The van der Waals surface area contributed by atoms with E-state index in [4.69, 9.17) is 0 Å². The summed E-state index contributed by atoms with van der Waals surface area (Å²) in [5.74, 6) is 0. The minimum atomic E-state index is -0.136. The third-order valence-electron chi connectivity index (χ3n) is 5.90. The highest BCUT2D eigenvalue weighted by Crippen LogP contribution is 2.30. The zero-order valence-electron chi connectivity index (χ0n) is 17.8. The van der Waals surface area contributed by atoms with Gasteiger partial charge in [-0.3, -0.25) is 23.8 Å². The molecule has 0 aliphatic carbocycles. The first-order chi connectivity index (χ1) is 14.9. The maximum absolute atomic E-state index is 13.3. The summed E-state index contributed by atoms with van der Waals surface area (Å²) in [6.45, 7) is 3.78. The van der Waals surface area contributed by atoms with Crippen LogP contribution < -0.4 is 5.69 Å². The average molecular weight is 414 g/mol. The fourth-order valence-corrected chi connectivity index (χ4v) is 4.16. The number of aliphatic hydroxyl groups is 1. The predicted molar refractivity (Wildman–Crippen MR) is 119 cm³/mol. The Morgan fingerprint density at radius 3 is 2.42 bits per heavy atom. The molecule has 8 heteroatoms. The minimum Gasteiger partial charge on any atom is -0.390 e. The number of imidazole rings is 1. The summed E-state index contributed by atoms with van der Waals surface area (Å²) < 4.78 is 5.16. The van der Waals surface area contributed by atoms with Crippen molar-refractivity contribution in [2.24, 2.45) is 14.1 Å². The fraction of sp³-hybridized carbons (Fsp3) is 0.217. The van der Waals surface area contributed by atoms with Crippen LogP contribution in [0.25, 0.3) is 38.8 Å². The average Bonchev–Trinajstić information content (AvgIpc) is 3.19. The Labute approximate surface area is 178 Å². The third-order valence-corrected chi connectivity index (χ3v) is 5.90. The standard InChI is InChI=1S/C23H22N6O2/c1-13-21(14(2)28(4)26-13)29-22-18-9-15(16-5-7-17(12-30)24-10-16)6-8-19(18)25-11-20(22)27(3)23(29)31/h5-11,30H,12H2,1-4H3. The molecule has 0 radical (unpaired) electrons. The van der Waals surface area contributed by atoms with E-state index >= 15 is 0 Å². The molecule has 8 nitrogen and oxygen atoms in total. The molecule has 0 aliphatic rings. The Hall–Kier alpha value is -3.78. The summed E-state index contributed by atoms with van der Waals surface area (Å²) in [7, 11) is 3.64. The molecule has 4 heterocycles. The Kier molecular flexibility index (Phi) is 4.26. The van der Waals surface area contributed by atoms with Gasteiger partial charge in [-0.05, 0) is 37.6 Å². The van der Waals surface area contributed by atoms with Gasteiger partial charge >= 0.3 is 5.69 Å². The molecule has 0 amide bonds. The summed E-state index contributed by atoms with van der Waals surface area (Å²) in [4.78, 5) is 22.2. The van der Waals surface area contributed by atoms with Crippen LogP contribution in [0.15, 0.2) is 47.5 Å². The van der Waals surface area contributed by atoms with Crippen LogP contribution in [0, 0.1) is 13.8 Å². The molecule has 0 bridgehead atoms. The molecule has 1 N–H and O–H groups in total. The van der Waals surface area contributed by atoms with Crippen molar-refractivity contribution in [1.29, 1.82) is 0 Å². The highest BCUT2D eigenvalue weighted by Gasteiger charge is 2.21. The maximum Gasteiger partial charge on any atom is 0.333 e. The molecule has 156 valence electrons. The molecule has 31 heavy (non-hydrogen) atoms. The molecule has 0 atom stereocenters. The third kappa shape index (κ3) is 2.79. The lowest BCUT2D eigenvalue weighted by molar-refractivity contribution is 0.277. The topological polar surface area (TPSA) is 90.8 Å². The van der Waals surface area contributed by atoms with Gasteiger partial charge in [-0.1, -0.05) is 12.1 Å². The predicted octanol–water partition coefficient (Wildman–Crippen LogP) is 2.78. The molecule has 0 saturated heterocycles. The fourth-order valence-electron chi connectivity index (χ4n) is 4.16. The Bertz CT molecular complexity index is 1520. The van der Waals surface area contributed by atoms with Crippen molar-refractivity contribution in [3.63, 3.8) is 0 Å². The van der Waals surface area contributed by atoms with Crippen LogP contribution in [0.4, 0.5) is 0 Å². The number of hydrogen-bond donors (Lipinski definition) is 1. The van der Waals surface area contributed by atoms with E-state index < -0.39 is 0 Å². The highest BCUT2D eigenvalue weighted by molar-refractivity contribution is 6.04. The van der Waals surface area contributed by atoms with Gasteiger partial charge in [-0.2, -0.15) is 5.10 Å². The second kappa shape index (κ2) is 6.88. The Morgan fingerprint density at radius 1 is 1.00 bits per heavy atom. The zero-order chi connectivity index (χ0) is 21.9. The molecule has 0 unspecified atom stereocenters. The number of nitrogens with zero attached hydrogens (tertiary/aromatic N) is 6. The van der Waals surface area contributed by atoms with Crippen molar-refractivity contribution in [2.45, 2.75) is 20.5 Å². The van der Waals surface area contributed by atoms with Crippen LogP contribution >= 0.6 is 0 Å². The summed E-state index contributed by atoms with van der Waals surface area (Å²) in [5, 5.41) is 14.6. The SMILES string of the molecule is Cc1nn(C)c(C)c1-n1c(=O)n(C)c2cnc3ccc(-c4ccc(CO)nc4)cc3c21. The molecule has 0 saturated carbocycles. The summed E-state index contributed by atoms with van der Waals surface area (Å²) >= 11 is 0. The smallest absolute Gasteiger partial charge is 0.333 e. The largest absolute Gasteiger partial charge is 0.390 e. The van der Waals surface area contributed by atoms with Gasteiger partial charge in [-0.25, -0.2) is 4.79 Å². The van der Waals surface area contributed by atoms with Crippen molar-refractivity contribution in [3.8, 4) is 16.8 Å². The van der Waals surface area contributed by atoms with E-state index in [0.717, 1.165) is 50.1 Å². The molecule has 1 aromatic carbocycles. The monoisotopic (exact) mass is 414 g/mol. The molecule has 5 rings (SSSR count). The van der Waals surface area contributed by atoms with Crippen LogP contribution in [0.5, 0.6) is 0 Å². The van der Waals surface area contributed by atoms with Gasteiger partial charge < -0.3 is 5.11 Å². The van der Waals surface area contributed by atoms with Crippen molar-refractivity contribution < 1.29 is 5.11 Å². The van der Waals surface area contributed by atoms with Gasteiger partial charge in [0.05, 0.1) is 52.1 Å². The van der Waals surface area contributed by atoms with Crippen LogP contribution in [-0.4, -0.2) is 34.0 Å². The number of aryl methyl sites for hydroxylation is 3. The molecule has 4 aromatic heterocycles. The van der Waals surface area contributed by atoms with E-state index in [9.17, 15) is 9.90 Å². The first-order valence-electron chi connectivity index (χ1n) is 9.97. The summed E-state index contributed by atoms with van der Waals surface area (Å²) in [6.07, 6.45) is 3.49. The molecule has 0 aliphatic heterocycles. The van der Waals surface area contributed by atoms with Gasteiger partial charge in [0.25, 0.3) is 0 Å².